The summed E-state index contributed by atoms with van der Waals surface area (Å²) in [6.45, 7) is 0.543. The van der Waals surface area contributed by atoms with E-state index in [0.29, 0.717) is 6.54 Å². The third kappa shape index (κ3) is 1.86. The summed E-state index contributed by atoms with van der Waals surface area (Å²) in [6, 6.07) is 7.99. The Kier molecular flexibility index (Phi) is 2.81. The van der Waals surface area contributed by atoms with Crippen LogP contribution < -0.4 is 10.6 Å². The van der Waals surface area contributed by atoms with Gasteiger partial charge in [-0.3, -0.25) is 0 Å². The summed E-state index contributed by atoms with van der Waals surface area (Å²) in [6.07, 6.45) is 2.04. The van der Waals surface area contributed by atoms with Crippen molar-refractivity contribution in [2.24, 2.45) is 7.05 Å². The third-order valence-electron chi connectivity index (χ3n) is 2.65. The number of aromatic nitrogens is 1. The molecule has 2 amide bonds. The molecule has 1 heterocycles. The number of fused-ring (bicyclic) bond motifs is 1. The molecule has 0 aliphatic rings. The van der Waals surface area contributed by atoms with E-state index in [2.05, 4.69) is 27.3 Å². The van der Waals surface area contributed by atoms with E-state index in [-0.39, 0.29) is 6.03 Å². The monoisotopic (exact) mass is 217 g/mol. The molecule has 4 heteroatoms. The molecule has 0 saturated carbocycles. The number of carbonyl (C=O) groups is 1. The van der Waals surface area contributed by atoms with Crippen LogP contribution in [-0.4, -0.2) is 17.6 Å². The molecule has 0 aliphatic carbocycles. The van der Waals surface area contributed by atoms with Crippen molar-refractivity contribution >= 4 is 16.9 Å². The molecule has 0 saturated heterocycles. The van der Waals surface area contributed by atoms with E-state index in [9.17, 15) is 4.79 Å². The Morgan fingerprint density at radius 1 is 1.38 bits per heavy atom. The van der Waals surface area contributed by atoms with Crippen molar-refractivity contribution in [2.75, 3.05) is 7.05 Å². The number of nitrogens with zero attached hydrogens (tertiary/aromatic N) is 1. The Labute approximate surface area is 94.3 Å². The first-order valence-corrected chi connectivity index (χ1v) is 5.21. The van der Waals surface area contributed by atoms with Crippen molar-refractivity contribution in [3.05, 3.63) is 36.0 Å². The molecular formula is C12H15N3O. The average Bonchev–Trinajstić information content (AvgIpc) is 2.64. The van der Waals surface area contributed by atoms with E-state index in [0.717, 1.165) is 5.56 Å². The van der Waals surface area contributed by atoms with Gasteiger partial charge in [-0.25, -0.2) is 4.79 Å². The van der Waals surface area contributed by atoms with Crippen LogP contribution in [0.25, 0.3) is 10.9 Å². The molecule has 0 unspecified atom stereocenters. The Morgan fingerprint density at radius 3 is 2.88 bits per heavy atom. The van der Waals surface area contributed by atoms with Crippen LogP contribution in [-0.2, 0) is 13.6 Å². The topological polar surface area (TPSA) is 46.1 Å². The van der Waals surface area contributed by atoms with Gasteiger partial charge in [0.05, 0.1) is 0 Å². The number of aryl methyl sites for hydroxylation is 1. The van der Waals surface area contributed by atoms with Gasteiger partial charge in [-0.2, -0.15) is 0 Å². The highest BCUT2D eigenvalue weighted by Crippen LogP contribution is 2.19. The quantitative estimate of drug-likeness (QED) is 0.788. The molecule has 0 atom stereocenters. The van der Waals surface area contributed by atoms with Crippen LogP contribution in [0.4, 0.5) is 4.79 Å². The first-order chi connectivity index (χ1) is 7.72. The summed E-state index contributed by atoms with van der Waals surface area (Å²) < 4.78 is 2.07. The van der Waals surface area contributed by atoms with Crippen molar-refractivity contribution < 1.29 is 4.79 Å². The lowest BCUT2D eigenvalue weighted by molar-refractivity contribution is 0.242. The molecule has 2 rings (SSSR count). The summed E-state index contributed by atoms with van der Waals surface area (Å²) >= 11 is 0. The molecule has 0 fully saturated rings. The average molecular weight is 217 g/mol. The number of nitrogens with one attached hydrogen (secondary N) is 2. The zero-order chi connectivity index (χ0) is 11.5. The molecule has 4 nitrogen and oxygen atoms in total. The Morgan fingerprint density at radius 2 is 2.12 bits per heavy atom. The fourth-order valence-electron chi connectivity index (χ4n) is 1.83. The summed E-state index contributed by atoms with van der Waals surface area (Å²) in [5, 5.41) is 6.51. The second-order valence-electron chi connectivity index (χ2n) is 3.72. The Bertz CT molecular complexity index is 516. The van der Waals surface area contributed by atoms with Crippen molar-refractivity contribution in [1.82, 2.24) is 15.2 Å². The maximum Gasteiger partial charge on any atom is 0.314 e. The van der Waals surface area contributed by atoms with Crippen molar-refractivity contribution in [1.29, 1.82) is 0 Å². The molecule has 16 heavy (non-hydrogen) atoms. The van der Waals surface area contributed by atoms with Gasteiger partial charge in [0.1, 0.15) is 0 Å². The van der Waals surface area contributed by atoms with Crippen molar-refractivity contribution in [3.63, 3.8) is 0 Å². The highest BCUT2D eigenvalue weighted by atomic mass is 16.2. The zero-order valence-electron chi connectivity index (χ0n) is 9.45. The maximum absolute atomic E-state index is 11.1. The van der Waals surface area contributed by atoms with E-state index in [1.165, 1.54) is 10.9 Å². The van der Waals surface area contributed by atoms with Crippen LogP contribution in [0, 0.1) is 0 Å². The van der Waals surface area contributed by atoms with Gasteiger partial charge in [0, 0.05) is 37.7 Å². The van der Waals surface area contributed by atoms with Crippen molar-refractivity contribution in [3.8, 4) is 0 Å². The molecule has 0 radical (unpaired) electrons. The van der Waals surface area contributed by atoms with Crippen molar-refractivity contribution in [2.45, 2.75) is 6.54 Å². The predicted octanol–water partition coefficient (Wildman–Crippen LogP) is 1.61. The lowest BCUT2D eigenvalue weighted by Crippen LogP contribution is -2.32. The van der Waals surface area contributed by atoms with Gasteiger partial charge >= 0.3 is 6.03 Å². The van der Waals surface area contributed by atoms with Gasteiger partial charge in [0.25, 0.3) is 0 Å². The number of hydrogen-bond acceptors (Lipinski definition) is 1. The van der Waals surface area contributed by atoms with Crippen LogP contribution >= 0.6 is 0 Å². The molecular weight excluding hydrogens is 202 g/mol. The van der Waals surface area contributed by atoms with Gasteiger partial charge in [-0.1, -0.05) is 18.2 Å². The van der Waals surface area contributed by atoms with Gasteiger partial charge < -0.3 is 15.2 Å². The second kappa shape index (κ2) is 4.26. The normalized spacial score (nSPS) is 10.4. The molecule has 0 aliphatic heterocycles. The number of hydrogen-bond donors (Lipinski definition) is 2. The highest BCUT2D eigenvalue weighted by molar-refractivity contribution is 5.84. The number of carbonyl (C=O) groups excluding carboxylic acids is 1. The maximum atomic E-state index is 11.1. The molecule has 84 valence electrons. The Balaban J connectivity index is 2.27. The predicted molar refractivity (Wildman–Crippen MR) is 64.2 cm³/mol. The number of amides is 2. The van der Waals surface area contributed by atoms with E-state index in [1.807, 2.05) is 25.4 Å². The summed E-state index contributed by atoms with van der Waals surface area (Å²) in [5.41, 5.74) is 2.30. The van der Waals surface area contributed by atoms with E-state index in [4.69, 9.17) is 0 Å². The minimum atomic E-state index is -0.159. The third-order valence-corrected chi connectivity index (χ3v) is 2.65. The standard InChI is InChI=1S/C12H15N3O/c1-13-12(16)14-7-9-8-15(2)11-6-4-3-5-10(9)11/h3-6,8H,7H2,1-2H3,(H2,13,14,16). The molecule has 2 N–H and O–H groups in total. The van der Waals surface area contributed by atoms with Crippen LogP contribution in [0.3, 0.4) is 0 Å². The second-order valence-corrected chi connectivity index (χ2v) is 3.72. The zero-order valence-corrected chi connectivity index (χ0v) is 9.45. The summed E-state index contributed by atoms with van der Waals surface area (Å²) in [7, 11) is 3.62. The lowest BCUT2D eigenvalue weighted by Gasteiger charge is -2.02. The van der Waals surface area contributed by atoms with E-state index in [1.54, 1.807) is 7.05 Å². The Hall–Kier alpha value is -1.97. The number of rotatable bonds is 2. The van der Waals surface area contributed by atoms with E-state index >= 15 is 0 Å². The fourth-order valence-corrected chi connectivity index (χ4v) is 1.83. The number of urea groups is 1. The van der Waals surface area contributed by atoms with Crippen LogP contribution in [0.15, 0.2) is 30.5 Å². The first-order valence-electron chi connectivity index (χ1n) is 5.21. The van der Waals surface area contributed by atoms with Crippen LogP contribution in [0.2, 0.25) is 0 Å². The lowest BCUT2D eigenvalue weighted by atomic mass is 10.2. The summed E-state index contributed by atoms with van der Waals surface area (Å²) in [4.78, 5) is 11.1. The molecule has 0 spiro atoms. The fraction of sp³-hybridized carbons (Fsp3) is 0.250. The van der Waals surface area contributed by atoms with Gasteiger partial charge in [0.15, 0.2) is 0 Å². The van der Waals surface area contributed by atoms with Gasteiger partial charge in [0.2, 0.25) is 0 Å². The molecule has 1 aromatic heterocycles. The largest absolute Gasteiger partial charge is 0.350 e. The smallest absolute Gasteiger partial charge is 0.314 e. The molecule has 0 bridgehead atoms. The first kappa shape index (κ1) is 10.5. The molecule has 2 aromatic rings. The minimum absolute atomic E-state index is 0.159. The van der Waals surface area contributed by atoms with Crippen LogP contribution in [0.1, 0.15) is 5.56 Å². The SMILES string of the molecule is CNC(=O)NCc1cn(C)c2ccccc12. The number of para-hydroxylation sites is 1. The van der Waals surface area contributed by atoms with Gasteiger partial charge in [-0.05, 0) is 11.6 Å². The van der Waals surface area contributed by atoms with Gasteiger partial charge in [-0.15, -0.1) is 0 Å². The highest BCUT2D eigenvalue weighted by Gasteiger charge is 2.06. The molecule has 1 aromatic carbocycles. The number of benzene rings is 1. The summed E-state index contributed by atoms with van der Waals surface area (Å²) in [5.74, 6) is 0. The van der Waals surface area contributed by atoms with E-state index < -0.39 is 0 Å². The minimum Gasteiger partial charge on any atom is -0.350 e. The van der Waals surface area contributed by atoms with Crippen LogP contribution in [0.5, 0.6) is 0 Å².